The molecule has 1 N–H and O–H groups in total. The van der Waals surface area contributed by atoms with Gasteiger partial charge in [-0.25, -0.2) is 0 Å². The maximum Gasteiger partial charge on any atom is 0.496 e. The zero-order chi connectivity index (χ0) is 26.4. The van der Waals surface area contributed by atoms with Gasteiger partial charge < -0.3 is 24.1 Å². The molecule has 1 amide bonds. The zero-order valence-corrected chi connectivity index (χ0v) is 22.5. The molecular formula is C27H27BCl2N2O5. The van der Waals surface area contributed by atoms with Crippen LogP contribution < -0.4 is 10.8 Å². The number of halogens is 2. The highest BCUT2D eigenvalue weighted by Gasteiger charge is 2.52. The van der Waals surface area contributed by atoms with Gasteiger partial charge in [0.25, 0.3) is 5.91 Å². The van der Waals surface area contributed by atoms with Gasteiger partial charge in [-0.3, -0.25) is 9.78 Å². The molecule has 2 fully saturated rings. The summed E-state index contributed by atoms with van der Waals surface area (Å²) in [5.41, 5.74) is 2.52. The van der Waals surface area contributed by atoms with E-state index in [1.807, 2.05) is 52.0 Å². The first kappa shape index (κ1) is 26.2. The van der Waals surface area contributed by atoms with Crippen molar-refractivity contribution in [2.45, 2.75) is 45.2 Å². The summed E-state index contributed by atoms with van der Waals surface area (Å²) in [5, 5.41) is 3.68. The van der Waals surface area contributed by atoms with Crippen molar-refractivity contribution in [3.63, 3.8) is 0 Å². The number of ether oxygens (including phenoxy) is 2. The summed E-state index contributed by atoms with van der Waals surface area (Å²) >= 11 is 13.6. The molecule has 0 spiro atoms. The molecule has 2 saturated heterocycles. The normalized spacial score (nSPS) is 18.8. The molecule has 5 rings (SSSR count). The number of hydrogen-bond donors (Lipinski definition) is 1. The van der Waals surface area contributed by atoms with Crippen LogP contribution in [0.1, 0.15) is 50.0 Å². The van der Waals surface area contributed by atoms with Crippen molar-refractivity contribution >= 4 is 47.4 Å². The molecular weight excluding hydrogens is 514 g/mol. The number of nitrogens with zero attached hydrogens (tertiary/aromatic N) is 1. The topological polar surface area (TPSA) is 78.9 Å². The van der Waals surface area contributed by atoms with Crippen molar-refractivity contribution in [3.05, 3.63) is 76.0 Å². The van der Waals surface area contributed by atoms with Crippen molar-refractivity contribution in [2.75, 3.05) is 18.5 Å². The molecule has 0 saturated carbocycles. The van der Waals surface area contributed by atoms with Gasteiger partial charge in [0.1, 0.15) is 5.69 Å². The highest BCUT2D eigenvalue weighted by molar-refractivity contribution is 6.66. The number of aromatic nitrogens is 1. The smallest absolute Gasteiger partial charge is 0.399 e. The van der Waals surface area contributed by atoms with Crippen LogP contribution in [0.25, 0.3) is 11.1 Å². The van der Waals surface area contributed by atoms with Crippen molar-refractivity contribution in [2.24, 2.45) is 0 Å². The van der Waals surface area contributed by atoms with Gasteiger partial charge in [0.2, 0.25) is 0 Å². The SMILES string of the molecule is CC1(C)OB(c2cccc(-c3cccc(NC(=O)c4ccc(C5OCCO5)cn4)c3Cl)c2Cl)OC1(C)C. The minimum absolute atomic E-state index is 0.240. The Kier molecular flexibility index (Phi) is 7.09. The molecule has 10 heteroatoms. The van der Waals surface area contributed by atoms with E-state index < -0.39 is 30.5 Å². The van der Waals surface area contributed by atoms with Crippen molar-refractivity contribution in [1.29, 1.82) is 0 Å². The molecule has 0 aliphatic carbocycles. The second-order valence-corrected chi connectivity index (χ2v) is 10.7. The van der Waals surface area contributed by atoms with Crippen LogP contribution >= 0.6 is 23.2 Å². The van der Waals surface area contributed by atoms with Crippen LogP contribution in [0, 0.1) is 0 Å². The fourth-order valence-corrected chi connectivity index (χ4v) is 4.75. The highest BCUT2D eigenvalue weighted by atomic mass is 35.5. The Morgan fingerprint density at radius 1 is 0.919 bits per heavy atom. The number of pyridine rings is 1. The predicted molar refractivity (Wildman–Crippen MR) is 144 cm³/mol. The molecule has 37 heavy (non-hydrogen) atoms. The van der Waals surface area contributed by atoms with Gasteiger partial charge in [-0.15, -0.1) is 0 Å². The first-order valence-corrected chi connectivity index (χ1v) is 12.8. The minimum Gasteiger partial charge on any atom is -0.399 e. The molecule has 3 heterocycles. The Balaban J connectivity index is 1.39. The van der Waals surface area contributed by atoms with Gasteiger partial charge in [0.05, 0.1) is 35.1 Å². The maximum atomic E-state index is 12.9. The maximum absolute atomic E-state index is 12.9. The van der Waals surface area contributed by atoms with Crippen LogP contribution in [-0.4, -0.2) is 42.4 Å². The third kappa shape index (κ3) is 5.02. The lowest BCUT2D eigenvalue weighted by Crippen LogP contribution is -2.41. The van der Waals surface area contributed by atoms with Crippen LogP contribution in [-0.2, 0) is 18.8 Å². The summed E-state index contributed by atoms with van der Waals surface area (Å²) < 4.78 is 23.3. The third-order valence-electron chi connectivity index (χ3n) is 6.99. The van der Waals surface area contributed by atoms with E-state index in [4.69, 9.17) is 42.0 Å². The van der Waals surface area contributed by atoms with Crippen LogP contribution in [0.2, 0.25) is 10.0 Å². The van der Waals surface area contributed by atoms with Gasteiger partial charge in [-0.05, 0) is 39.8 Å². The summed E-state index contributed by atoms with van der Waals surface area (Å²) in [6.45, 7) is 9.04. The Morgan fingerprint density at radius 3 is 2.16 bits per heavy atom. The van der Waals surface area contributed by atoms with Crippen LogP contribution in [0.4, 0.5) is 5.69 Å². The number of nitrogens with one attached hydrogen (secondary N) is 1. The predicted octanol–water partition coefficient (Wildman–Crippen LogP) is 5.65. The fraction of sp³-hybridized carbons (Fsp3) is 0.333. The Bertz CT molecular complexity index is 1310. The molecule has 1 aromatic heterocycles. The monoisotopic (exact) mass is 540 g/mol. The quantitative estimate of drug-likeness (QED) is 0.421. The summed E-state index contributed by atoms with van der Waals surface area (Å²) in [4.78, 5) is 17.2. The van der Waals surface area contributed by atoms with E-state index in [0.717, 1.165) is 5.56 Å². The Morgan fingerprint density at radius 2 is 1.54 bits per heavy atom. The number of carbonyl (C=O) groups is 1. The second kappa shape index (κ2) is 10.0. The fourth-order valence-electron chi connectivity index (χ4n) is 4.16. The third-order valence-corrected chi connectivity index (χ3v) is 7.81. The first-order chi connectivity index (χ1) is 17.6. The molecule has 7 nitrogen and oxygen atoms in total. The van der Waals surface area contributed by atoms with Gasteiger partial charge in [-0.1, -0.05) is 59.6 Å². The van der Waals surface area contributed by atoms with E-state index in [2.05, 4.69) is 10.3 Å². The van der Waals surface area contributed by atoms with E-state index in [-0.39, 0.29) is 5.69 Å². The van der Waals surface area contributed by atoms with Crippen molar-refractivity contribution in [3.8, 4) is 11.1 Å². The van der Waals surface area contributed by atoms with Crippen LogP contribution in [0.3, 0.4) is 0 Å². The molecule has 2 aliphatic rings. The number of benzene rings is 2. The lowest BCUT2D eigenvalue weighted by molar-refractivity contribution is -0.0443. The molecule has 2 aliphatic heterocycles. The second-order valence-electron chi connectivity index (χ2n) is 9.97. The molecule has 0 unspecified atom stereocenters. The summed E-state index contributed by atoms with van der Waals surface area (Å²) in [7, 11) is -0.617. The molecule has 192 valence electrons. The average Bonchev–Trinajstić information content (AvgIpc) is 3.47. The van der Waals surface area contributed by atoms with E-state index >= 15 is 0 Å². The summed E-state index contributed by atoms with van der Waals surface area (Å²) in [6, 6.07) is 14.4. The van der Waals surface area contributed by atoms with E-state index in [1.54, 1.807) is 30.5 Å². The largest absolute Gasteiger partial charge is 0.496 e. The van der Waals surface area contributed by atoms with E-state index in [9.17, 15) is 4.79 Å². The standard InChI is InChI=1S/C27H27BCl2N2O5/c1-26(2)27(3,4)37-28(36-26)19-9-5-7-17(22(19)29)18-8-6-10-20(23(18)30)32-24(33)21-12-11-16(15-31-21)25-34-13-14-35-25/h5-12,15,25H,13-14H2,1-4H3,(H,32,33). The van der Waals surface area contributed by atoms with Gasteiger partial charge in [-0.2, -0.15) is 0 Å². The molecule has 2 aromatic carbocycles. The summed E-state index contributed by atoms with van der Waals surface area (Å²) in [5.74, 6) is -0.393. The lowest BCUT2D eigenvalue weighted by atomic mass is 9.77. The zero-order valence-electron chi connectivity index (χ0n) is 21.0. The van der Waals surface area contributed by atoms with Gasteiger partial charge >= 0.3 is 7.12 Å². The van der Waals surface area contributed by atoms with Crippen LogP contribution in [0.15, 0.2) is 54.7 Å². The van der Waals surface area contributed by atoms with Gasteiger partial charge in [0, 0.05) is 33.4 Å². The molecule has 0 bridgehead atoms. The highest BCUT2D eigenvalue weighted by Crippen LogP contribution is 2.40. The Hall–Kier alpha value is -2.46. The number of hydrogen-bond acceptors (Lipinski definition) is 6. The molecule has 3 aromatic rings. The van der Waals surface area contributed by atoms with Gasteiger partial charge in [0.15, 0.2) is 6.29 Å². The minimum atomic E-state index is -0.617. The molecule has 0 atom stereocenters. The molecule has 0 radical (unpaired) electrons. The number of carbonyl (C=O) groups excluding carboxylic acids is 1. The number of anilines is 1. The van der Waals surface area contributed by atoms with Crippen LogP contribution in [0.5, 0.6) is 0 Å². The van der Waals surface area contributed by atoms with E-state index in [0.29, 0.717) is 45.5 Å². The van der Waals surface area contributed by atoms with Crippen molar-refractivity contribution in [1.82, 2.24) is 4.98 Å². The van der Waals surface area contributed by atoms with E-state index in [1.165, 1.54) is 0 Å². The first-order valence-electron chi connectivity index (χ1n) is 12.0. The Labute approximate surface area is 226 Å². The number of rotatable bonds is 5. The number of amides is 1. The lowest BCUT2D eigenvalue weighted by Gasteiger charge is -2.32. The average molecular weight is 541 g/mol. The summed E-state index contributed by atoms with van der Waals surface area (Å²) in [6.07, 6.45) is 1.12. The van der Waals surface area contributed by atoms with Crippen molar-refractivity contribution < 1.29 is 23.6 Å².